The second kappa shape index (κ2) is 10.2. The van der Waals surface area contributed by atoms with Gasteiger partial charge in [-0.2, -0.15) is 13.2 Å². The van der Waals surface area contributed by atoms with Crippen molar-refractivity contribution in [2.45, 2.75) is 22.0 Å². The topological polar surface area (TPSA) is 56.8 Å². The van der Waals surface area contributed by atoms with E-state index in [1.54, 1.807) is 46.1 Å². The predicted octanol–water partition coefficient (Wildman–Crippen LogP) is 4.60. The highest BCUT2D eigenvalue weighted by atomic mass is 32.2. The average molecular weight is 533 g/mol. The first-order chi connectivity index (χ1) is 17.3. The van der Waals surface area contributed by atoms with Gasteiger partial charge in [0.2, 0.25) is 0 Å². The fraction of sp³-hybridized carbons (Fsp3) is 0.320. The SMILES string of the molecule is O=C(c1ccc(Sc2cccc(C(F)(F)F)c2)cc1)N1CC(N2CCN(C(=O)c3cscn3)CC2)C1. The van der Waals surface area contributed by atoms with Crippen LogP contribution in [-0.4, -0.2) is 76.8 Å². The second-order valence-electron chi connectivity index (χ2n) is 8.72. The molecule has 2 aliphatic rings. The number of benzene rings is 2. The number of halogens is 3. The quantitative estimate of drug-likeness (QED) is 0.481. The van der Waals surface area contributed by atoms with E-state index in [4.69, 9.17) is 0 Å². The van der Waals surface area contributed by atoms with Crippen molar-refractivity contribution in [3.05, 3.63) is 76.2 Å². The van der Waals surface area contributed by atoms with E-state index in [2.05, 4.69) is 9.88 Å². The van der Waals surface area contributed by atoms with Crippen molar-refractivity contribution in [1.29, 1.82) is 0 Å². The molecule has 2 amide bonds. The maximum absolute atomic E-state index is 12.9. The maximum Gasteiger partial charge on any atom is 0.416 e. The van der Waals surface area contributed by atoms with Gasteiger partial charge in [0.15, 0.2) is 0 Å². The molecular formula is C25H23F3N4O2S2. The molecule has 3 heterocycles. The molecule has 3 aromatic rings. The molecule has 0 atom stereocenters. The van der Waals surface area contributed by atoms with Gasteiger partial charge in [-0.25, -0.2) is 4.98 Å². The Morgan fingerprint density at radius 2 is 1.64 bits per heavy atom. The van der Waals surface area contributed by atoms with E-state index in [0.29, 0.717) is 42.3 Å². The zero-order valence-electron chi connectivity index (χ0n) is 19.1. The summed E-state index contributed by atoms with van der Waals surface area (Å²) in [7, 11) is 0. The van der Waals surface area contributed by atoms with E-state index in [0.717, 1.165) is 30.1 Å². The third-order valence-electron chi connectivity index (χ3n) is 6.42. The molecule has 0 radical (unpaired) electrons. The normalized spacial score (nSPS) is 17.2. The first kappa shape index (κ1) is 24.8. The predicted molar refractivity (Wildman–Crippen MR) is 131 cm³/mol. The number of nitrogens with zero attached hydrogens (tertiary/aromatic N) is 4. The van der Waals surface area contributed by atoms with Crippen LogP contribution in [0.2, 0.25) is 0 Å². The Balaban J connectivity index is 1.10. The number of alkyl halides is 3. The fourth-order valence-electron chi connectivity index (χ4n) is 4.34. The molecule has 11 heteroatoms. The van der Waals surface area contributed by atoms with Crippen molar-refractivity contribution in [1.82, 2.24) is 19.7 Å². The van der Waals surface area contributed by atoms with Crippen molar-refractivity contribution in [2.75, 3.05) is 39.3 Å². The van der Waals surface area contributed by atoms with Crippen LogP contribution in [0.4, 0.5) is 13.2 Å². The summed E-state index contributed by atoms with van der Waals surface area (Å²) in [6.45, 7) is 4.10. The Kier molecular flexibility index (Phi) is 7.05. The van der Waals surface area contributed by atoms with Gasteiger partial charge in [0.05, 0.1) is 11.1 Å². The Bertz CT molecular complexity index is 1220. The van der Waals surface area contributed by atoms with Crippen LogP contribution in [-0.2, 0) is 6.18 Å². The van der Waals surface area contributed by atoms with Gasteiger partial charge in [0.25, 0.3) is 11.8 Å². The Hall–Kier alpha value is -2.89. The van der Waals surface area contributed by atoms with Crippen molar-refractivity contribution < 1.29 is 22.8 Å². The Morgan fingerprint density at radius 1 is 0.917 bits per heavy atom. The molecule has 188 valence electrons. The number of amides is 2. The zero-order chi connectivity index (χ0) is 25.3. The number of rotatable bonds is 5. The zero-order valence-corrected chi connectivity index (χ0v) is 20.8. The summed E-state index contributed by atoms with van der Waals surface area (Å²) in [6, 6.07) is 12.4. The molecule has 2 saturated heterocycles. The molecule has 2 aliphatic heterocycles. The molecule has 5 rings (SSSR count). The first-order valence-electron chi connectivity index (χ1n) is 11.4. The number of thiazole rings is 1. The monoisotopic (exact) mass is 532 g/mol. The van der Waals surface area contributed by atoms with E-state index in [1.165, 1.54) is 29.2 Å². The van der Waals surface area contributed by atoms with Gasteiger partial charge in [-0.05, 0) is 42.5 Å². The fourth-order valence-corrected chi connectivity index (χ4v) is 5.75. The number of carbonyl (C=O) groups excluding carboxylic acids is 2. The van der Waals surface area contributed by atoms with Crippen molar-refractivity contribution in [3.63, 3.8) is 0 Å². The van der Waals surface area contributed by atoms with Crippen LogP contribution >= 0.6 is 23.1 Å². The second-order valence-corrected chi connectivity index (χ2v) is 10.6. The summed E-state index contributed by atoms with van der Waals surface area (Å²) in [4.78, 5) is 36.6. The Labute approximate surface area is 214 Å². The van der Waals surface area contributed by atoms with Crippen LogP contribution in [0, 0.1) is 0 Å². The molecule has 2 fully saturated rings. The van der Waals surface area contributed by atoms with Gasteiger partial charge in [0.1, 0.15) is 5.69 Å². The van der Waals surface area contributed by atoms with Gasteiger partial charge >= 0.3 is 6.18 Å². The van der Waals surface area contributed by atoms with Crippen LogP contribution in [0.25, 0.3) is 0 Å². The molecule has 0 bridgehead atoms. The van der Waals surface area contributed by atoms with Crippen LogP contribution in [0.15, 0.2) is 69.2 Å². The van der Waals surface area contributed by atoms with Gasteiger partial charge in [-0.1, -0.05) is 17.8 Å². The molecule has 0 unspecified atom stereocenters. The van der Waals surface area contributed by atoms with E-state index in [1.807, 2.05) is 4.90 Å². The lowest BCUT2D eigenvalue weighted by Crippen LogP contribution is -2.64. The average Bonchev–Trinajstić information content (AvgIpc) is 3.38. The standard InChI is InChI=1S/C25H23F3N4O2S2/c26-25(27,28)18-2-1-3-21(12-18)36-20-6-4-17(5-7-20)23(33)32-13-19(14-32)30-8-10-31(11-9-30)24(34)22-15-35-16-29-22/h1-7,12,15-16,19H,8-11,13-14H2. The minimum absolute atomic E-state index is 0.0315. The van der Waals surface area contributed by atoms with Gasteiger partial charge < -0.3 is 9.80 Å². The van der Waals surface area contributed by atoms with Crippen LogP contribution in [0.3, 0.4) is 0 Å². The summed E-state index contributed by atoms with van der Waals surface area (Å²) >= 11 is 2.63. The lowest BCUT2D eigenvalue weighted by Gasteiger charge is -2.48. The van der Waals surface area contributed by atoms with E-state index >= 15 is 0 Å². The summed E-state index contributed by atoms with van der Waals surface area (Å²) < 4.78 is 38.8. The summed E-state index contributed by atoms with van der Waals surface area (Å²) in [5.41, 5.74) is 2.03. The minimum atomic E-state index is -4.38. The highest BCUT2D eigenvalue weighted by Gasteiger charge is 2.37. The molecule has 2 aromatic carbocycles. The highest BCUT2D eigenvalue weighted by molar-refractivity contribution is 7.99. The molecule has 0 spiro atoms. The molecule has 0 N–H and O–H groups in total. The van der Waals surface area contributed by atoms with Crippen LogP contribution in [0.5, 0.6) is 0 Å². The first-order valence-corrected chi connectivity index (χ1v) is 13.2. The number of piperazine rings is 1. The number of aromatic nitrogens is 1. The summed E-state index contributed by atoms with van der Waals surface area (Å²) in [6.07, 6.45) is -4.38. The third-order valence-corrected chi connectivity index (χ3v) is 8.00. The van der Waals surface area contributed by atoms with Gasteiger partial charge in [-0.15, -0.1) is 11.3 Å². The van der Waals surface area contributed by atoms with Crippen LogP contribution < -0.4 is 0 Å². The van der Waals surface area contributed by atoms with Crippen molar-refractivity contribution in [3.8, 4) is 0 Å². The smallest absolute Gasteiger partial charge is 0.335 e. The van der Waals surface area contributed by atoms with Gasteiger partial charge in [0, 0.05) is 66.0 Å². The van der Waals surface area contributed by atoms with E-state index in [9.17, 15) is 22.8 Å². The minimum Gasteiger partial charge on any atom is -0.335 e. The number of carbonyl (C=O) groups is 2. The number of likely N-dealkylation sites (tertiary alicyclic amines) is 1. The molecule has 0 aliphatic carbocycles. The Morgan fingerprint density at radius 3 is 2.28 bits per heavy atom. The van der Waals surface area contributed by atoms with E-state index in [-0.39, 0.29) is 17.9 Å². The third kappa shape index (κ3) is 5.42. The van der Waals surface area contributed by atoms with Crippen molar-refractivity contribution in [2.24, 2.45) is 0 Å². The maximum atomic E-state index is 12.9. The van der Waals surface area contributed by atoms with Crippen LogP contribution in [0.1, 0.15) is 26.4 Å². The lowest BCUT2D eigenvalue weighted by molar-refractivity contribution is -0.137. The van der Waals surface area contributed by atoms with E-state index < -0.39 is 11.7 Å². The molecule has 6 nitrogen and oxygen atoms in total. The summed E-state index contributed by atoms with van der Waals surface area (Å²) in [5, 5.41) is 1.76. The molecule has 36 heavy (non-hydrogen) atoms. The lowest BCUT2D eigenvalue weighted by atomic mass is 10.0. The molecular weight excluding hydrogens is 509 g/mol. The molecule has 0 saturated carbocycles. The number of hydrogen-bond acceptors (Lipinski definition) is 6. The van der Waals surface area contributed by atoms with Crippen molar-refractivity contribution >= 4 is 34.9 Å². The highest BCUT2D eigenvalue weighted by Crippen LogP contribution is 2.34. The summed E-state index contributed by atoms with van der Waals surface area (Å²) in [5.74, 6) is -0.0878. The largest absolute Gasteiger partial charge is 0.416 e. The number of hydrogen-bond donors (Lipinski definition) is 0. The van der Waals surface area contributed by atoms with Gasteiger partial charge in [-0.3, -0.25) is 14.5 Å². The molecule has 1 aromatic heterocycles.